The van der Waals surface area contributed by atoms with E-state index >= 15 is 0 Å². The van der Waals surface area contributed by atoms with Gasteiger partial charge in [-0.3, -0.25) is 0 Å². The number of rotatable bonds is 8. The van der Waals surface area contributed by atoms with Gasteiger partial charge in [-0.05, 0) is 42.8 Å². The van der Waals surface area contributed by atoms with E-state index in [1.54, 1.807) is 27.4 Å². The van der Waals surface area contributed by atoms with Crippen LogP contribution >= 0.6 is 0 Å². The summed E-state index contributed by atoms with van der Waals surface area (Å²) in [7, 11) is 1.18. The predicted molar refractivity (Wildman–Crippen MR) is 140 cm³/mol. The Morgan fingerprint density at radius 1 is 0.833 bits per heavy atom. The Balaban J connectivity index is 1.42. The summed E-state index contributed by atoms with van der Waals surface area (Å²) in [5.74, 6) is 2.27. The summed E-state index contributed by atoms with van der Waals surface area (Å²) in [6, 6.07) is 15.1. The molecule has 0 bridgehead atoms. The molecular weight excluding hydrogens is 480 g/mol. The number of benzene rings is 2. The molecule has 10 heteroatoms. The van der Waals surface area contributed by atoms with Crippen LogP contribution in [0.15, 0.2) is 53.9 Å². The van der Waals surface area contributed by atoms with Gasteiger partial charge in [0.2, 0.25) is 15.8 Å². The first kappa shape index (κ1) is 25.5. The van der Waals surface area contributed by atoms with Crippen molar-refractivity contribution in [3.05, 3.63) is 65.1 Å². The second-order valence-electron chi connectivity index (χ2n) is 8.34. The van der Waals surface area contributed by atoms with E-state index in [2.05, 4.69) is 10.2 Å². The van der Waals surface area contributed by atoms with Gasteiger partial charge in [-0.25, -0.2) is 8.42 Å². The normalized spacial score (nSPS) is 14.7. The van der Waals surface area contributed by atoms with Gasteiger partial charge >= 0.3 is 0 Å². The second-order valence-corrected chi connectivity index (χ2v) is 10.2. The lowest BCUT2D eigenvalue weighted by atomic mass is 10.1. The number of hydrogen-bond acceptors (Lipinski definition) is 8. The summed E-state index contributed by atoms with van der Waals surface area (Å²) in [5.41, 5.74) is 3.41. The Morgan fingerprint density at radius 3 is 2.00 bits per heavy atom. The van der Waals surface area contributed by atoms with E-state index in [1.807, 2.05) is 60.4 Å². The van der Waals surface area contributed by atoms with Crippen molar-refractivity contribution in [1.82, 2.24) is 14.5 Å². The van der Waals surface area contributed by atoms with Gasteiger partial charge in [0.15, 0.2) is 17.3 Å². The maximum Gasteiger partial charge on any atom is 0.236 e. The second kappa shape index (κ2) is 11.0. The van der Waals surface area contributed by atoms with Gasteiger partial charge in [0, 0.05) is 37.2 Å². The highest BCUT2D eigenvalue weighted by Gasteiger charge is 2.26. The largest absolute Gasteiger partial charge is 0.493 e. The van der Waals surface area contributed by atoms with Gasteiger partial charge < -0.3 is 19.1 Å². The lowest BCUT2D eigenvalue weighted by molar-refractivity contribution is 0.324. The molecule has 1 saturated heterocycles. The summed E-state index contributed by atoms with van der Waals surface area (Å²) in [6.45, 7) is 3.79. The zero-order valence-electron chi connectivity index (χ0n) is 20.8. The molecule has 1 fully saturated rings. The molecule has 1 aromatic heterocycles. The number of nitrogens with zero attached hydrogens (tertiary/aromatic N) is 4. The first-order valence-corrected chi connectivity index (χ1v) is 13.0. The molecule has 0 radical (unpaired) electrons. The molecule has 190 valence electrons. The van der Waals surface area contributed by atoms with Gasteiger partial charge in [0.05, 0.1) is 27.0 Å². The third-order valence-corrected chi connectivity index (χ3v) is 7.61. The predicted octanol–water partition coefficient (Wildman–Crippen LogP) is 3.60. The smallest absolute Gasteiger partial charge is 0.236 e. The molecule has 0 unspecified atom stereocenters. The third kappa shape index (κ3) is 5.60. The van der Waals surface area contributed by atoms with Crippen molar-refractivity contribution in [3.63, 3.8) is 0 Å². The minimum Gasteiger partial charge on any atom is -0.493 e. The monoisotopic (exact) mass is 510 g/mol. The molecule has 0 saturated carbocycles. The Hall–Kier alpha value is -3.63. The van der Waals surface area contributed by atoms with Gasteiger partial charge in [-0.1, -0.05) is 29.8 Å². The fourth-order valence-electron chi connectivity index (χ4n) is 3.98. The minimum atomic E-state index is -3.50. The Bertz CT molecular complexity index is 1290. The molecular formula is C26H30N4O5S. The van der Waals surface area contributed by atoms with Crippen LogP contribution in [0.4, 0.5) is 5.82 Å². The first-order chi connectivity index (χ1) is 17.3. The maximum absolute atomic E-state index is 12.8. The zero-order valence-corrected chi connectivity index (χ0v) is 21.7. The van der Waals surface area contributed by atoms with Crippen molar-refractivity contribution >= 4 is 21.9 Å². The fourth-order valence-corrected chi connectivity index (χ4v) is 5.15. The lowest BCUT2D eigenvalue weighted by Gasteiger charge is -2.33. The number of methoxy groups -OCH3 is 3. The van der Waals surface area contributed by atoms with E-state index in [0.717, 1.165) is 16.7 Å². The number of aryl methyl sites for hydroxylation is 1. The average Bonchev–Trinajstić information content (AvgIpc) is 2.92. The Kier molecular flexibility index (Phi) is 7.76. The number of ether oxygens (including phenoxy) is 3. The van der Waals surface area contributed by atoms with Gasteiger partial charge in [-0.2, -0.15) is 4.31 Å². The van der Waals surface area contributed by atoms with E-state index in [-0.39, 0.29) is 0 Å². The number of sulfonamides is 1. The molecule has 9 nitrogen and oxygen atoms in total. The minimum absolute atomic E-state index is 0.372. The van der Waals surface area contributed by atoms with E-state index in [1.165, 1.54) is 9.71 Å². The molecule has 36 heavy (non-hydrogen) atoms. The van der Waals surface area contributed by atoms with Crippen LogP contribution in [0.2, 0.25) is 0 Å². The van der Waals surface area contributed by atoms with Crippen molar-refractivity contribution in [2.75, 3.05) is 52.4 Å². The lowest BCUT2D eigenvalue weighted by Crippen LogP contribution is -2.48. The number of piperazine rings is 1. The van der Waals surface area contributed by atoms with Gasteiger partial charge in [-0.15, -0.1) is 10.2 Å². The zero-order chi connectivity index (χ0) is 25.7. The van der Waals surface area contributed by atoms with Crippen molar-refractivity contribution < 1.29 is 22.6 Å². The topological polar surface area (TPSA) is 94.1 Å². The highest BCUT2D eigenvalue weighted by Crippen LogP contribution is 2.40. The van der Waals surface area contributed by atoms with Crippen LogP contribution < -0.4 is 19.1 Å². The molecule has 0 aliphatic carbocycles. The molecule has 0 N–H and O–H groups in total. The molecule has 0 amide bonds. The Morgan fingerprint density at radius 2 is 1.47 bits per heavy atom. The van der Waals surface area contributed by atoms with Crippen LogP contribution in [0.5, 0.6) is 17.2 Å². The molecule has 2 aromatic carbocycles. The summed E-state index contributed by atoms with van der Waals surface area (Å²) in [6.07, 6.45) is 1.63. The van der Waals surface area contributed by atoms with Crippen molar-refractivity contribution in [1.29, 1.82) is 0 Å². The molecule has 2 heterocycles. The quantitative estimate of drug-likeness (QED) is 0.454. The maximum atomic E-state index is 12.8. The van der Waals surface area contributed by atoms with Crippen molar-refractivity contribution in [3.8, 4) is 28.5 Å². The Labute approximate surface area is 212 Å². The van der Waals surface area contributed by atoms with Crippen LogP contribution in [-0.4, -0.2) is 70.4 Å². The van der Waals surface area contributed by atoms with Crippen molar-refractivity contribution in [2.45, 2.75) is 6.92 Å². The number of aromatic nitrogens is 2. The molecule has 1 aliphatic rings. The summed E-state index contributed by atoms with van der Waals surface area (Å²) < 4.78 is 43.3. The summed E-state index contributed by atoms with van der Waals surface area (Å²) in [4.78, 5) is 2.03. The highest BCUT2D eigenvalue weighted by molar-refractivity contribution is 7.92. The third-order valence-electron chi connectivity index (χ3n) is 6.04. The first-order valence-electron chi connectivity index (χ1n) is 11.5. The fraction of sp³-hybridized carbons (Fsp3) is 0.308. The van der Waals surface area contributed by atoms with Crippen LogP contribution in [0, 0.1) is 6.92 Å². The van der Waals surface area contributed by atoms with Crippen LogP contribution in [0.3, 0.4) is 0 Å². The molecule has 0 spiro atoms. The number of anilines is 1. The van der Waals surface area contributed by atoms with Crippen molar-refractivity contribution in [2.24, 2.45) is 0 Å². The SMILES string of the molecule is COc1cc(-c2ccc(N3CCN(S(=O)(=O)/C=C\c4ccc(C)cc4)CC3)nn2)cc(OC)c1OC. The molecule has 1 aliphatic heterocycles. The van der Waals surface area contributed by atoms with Gasteiger partial charge in [0.25, 0.3) is 0 Å². The summed E-state index contributed by atoms with van der Waals surface area (Å²) in [5, 5.41) is 10.0. The van der Waals surface area contributed by atoms with E-state index < -0.39 is 10.0 Å². The van der Waals surface area contributed by atoms with Crippen LogP contribution in [0.25, 0.3) is 17.3 Å². The van der Waals surface area contributed by atoms with Gasteiger partial charge in [0.1, 0.15) is 0 Å². The highest BCUT2D eigenvalue weighted by atomic mass is 32.2. The average molecular weight is 511 g/mol. The molecule has 0 atom stereocenters. The molecule has 4 rings (SSSR count). The molecule has 3 aromatic rings. The number of hydrogen-bond donors (Lipinski definition) is 0. The van der Waals surface area contributed by atoms with E-state index in [9.17, 15) is 8.42 Å². The van der Waals surface area contributed by atoms with Crippen LogP contribution in [-0.2, 0) is 10.0 Å². The van der Waals surface area contributed by atoms with E-state index in [0.29, 0.717) is 54.9 Å². The van der Waals surface area contributed by atoms with Crippen LogP contribution in [0.1, 0.15) is 11.1 Å². The summed E-state index contributed by atoms with van der Waals surface area (Å²) >= 11 is 0. The standard InChI is InChI=1S/C26H30N4O5S/c1-19-5-7-20(8-6-19)11-16-36(31,32)30-14-12-29(13-15-30)25-10-9-22(27-28-25)21-17-23(33-2)26(35-4)24(18-21)34-3/h5-11,16-18H,12-15H2,1-4H3/b16-11-. The van der Waals surface area contributed by atoms with E-state index in [4.69, 9.17) is 14.2 Å².